The van der Waals surface area contributed by atoms with E-state index < -0.39 is 34.9 Å². The van der Waals surface area contributed by atoms with Gasteiger partial charge in [0.2, 0.25) is 0 Å². The number of aromatic hydroxyl groups is 4. The zero-order valence-electron chi connectivity index (χ0n) is 50.8. The molecule has 10 nitrogen and oxygen atoms in total. The Hall–Kier alpha value is -4.98. The molecule has 0 aliphatic rings. The largest absolute Gasteiger partial charge is 2.00 e. The average Bonchev–Trinajstić information content (AvgIpc) is 3.49. The number of phenolic OH excluding ortho intramolecular Hbond substituents is 2. The molecule has 0 aromatic heterocycles. The van der Waals surface area contributed by atoms with Gasteiger partial charge in [0, 0.05) is 17.3 Å². The van der Waals surface area contributed by atoms with Gasteiger partial charge in [-0.2, -0.15) is 0 Å². The van der Waals surface area contributed by atoms with E-state index >= 15 is 0 Å². The third-order valence-corrected chi connectivity index (χ3v) is 14.9. The van der Waals surface area contributed by atoms with Gasteiger partial charge in [-0.25, -0.2) is 0 Å². The van der Waals surface area contributed by atoms with Crippen LogP contribution in [0.25, 0.3) is 0 Å². The fourth-order valence-electron chi connectivity index (χ4n) is 9.94. The maximum atomic E-state index is 10.8. The van der Waals surface area contributed by atoms with Crippen molar-refractivity contribution in [2.24, 2.45) is 9.98 Å². The van der Waals surface area contributed by atoms with Crippen molar-refractivity contribution in [1.29, 1.82) is 0 Å². The minimum Gasteiger partial charge on any atom is -0.545 e. The standard InChI is InChI=1S/C48H80N2.2C11H14O4.Pd/c1-4-7-10-12-14-16-18-20-22-24-26-28-30-34-44-36-32-39-46(41-44)49-43-48(38-9-6-3)50-47-40-33-37-45(42-47)35-31-29-27-25-23-21-19-17-15-13-11-8-5-2;2*1-2-3-4-7-5-6-8(12)10(13)9(7)11(14)15;/h32-33,36-37,39-43H,4-31,34-35,38H2,1-3H3;2*5-6,12-13H,2-4H2,1H3,(H,14,15);/q;;;+2/p-2. The molecule has 0 aliphatic carbocycles. The Kier molecular flexibility index (Phi) is 44.4. The van der Waals surface area contributed by atoms with Crippen LogP contribution in [0.4, 0.5) is 11.4 Å². The maximum absolute atomic E-state index is 10.8. The number of nitrogens with zero attached hydrogens (tertiary/aromatic N) is 2. The summed E-state index contributed by atoms with van der Waals surface area (Å²) in [7, 11) is 0. The van der Waals surface area contributed by atoms with E-state index in [4.69, 9.17) is 20.2 Å². The Morgan fingerprint density at radius 2 is 0.741 bits per heavy atom. The SMILES string of the molecule is CCCCCCCCCCCCCCCc1cccc(N=CC(CCCC)=Nc2cccc(CCCCCCCCCCCCCCC)c2)c1.CCCCc1ccc(O)c(O)c1C(=O)[O-].CCCCc1ccc(O)c(O)c1C(=O)[O-].[Pd+2]. The monoisotopic (exact) mass is 1210 g/mol. The Bertz CT molecular complexity index is 2260. The van der Waals surface area contributed by atoms with Gasteiger partial charge in [0.05, 0.1) is 29.0 Å². The molecule has 0 amide bonds. The van der Waals surface area contributed by atoms with Crippen LogP contribution in [0, 0.1) is 0 Å². The van der Waals surface area contributed by atoms with Crippen LogP contribution in [0.15, 0.2) is 82.8 Å². The van der Waals surface area contributed by atoms with Crippen LogP contribution < -0.4 is 10.2 Å². The second-order valence-electron chi connectivity index (χ2n) is 22.0. The topological polar surface area (TPSA) is 186 Å². The number of phenols is 4. The van der Waals surface area contributed by atoms with Crippen molar-refractivity contribution in [2.75, 3.05) is 0 Å². The Labute approximate surface area is 504 Å². The summed E-state index contributed by atoms with van der Waals surface area (Å²) in [4.78, 5) is 31.6. The maximum Gasteiger partial charge on any atom is 2.00 e. The molecule has 454 valence electrons. The predicted octanol–water partition coefficient (Wildman–Crippen LogP) is 18.2. The van der Waals surface area contributed by atoms with Crippen molar-refractivity contribution >= 4 is 35.2 Å². The van der Waals surface area contributed by atoms with Crippen molar-refractivity contribution in [3.63, 3.8) is 0 Å². The smallest absolute Gasteiger partial charge is 0.545 e. The van der Waals surface area contributed by atoms with E-state index in [2.05, 4.69) is 69.3 Å². The zero-order valence-corrected chi connectivity index (χ0v) is 52.4. The molecule has 0 saturated carbocycles. The first-order chi connectivity index (χ1) is 38.9. The van der Waals surface area contributed by atoms with Crippen molar-refractivity contribution in [1.82, 2.24) is 0 Å². The molecule has 0 bridgehead atoms. The van der Waals surface area contributed by atoms with E-state index in [1.165, 1.54) is 209 Å². The van der Waals surface area contributed by atoms with Crippen molar-refractivity contribution < 1.29 is 60.7 Å². The average molecular weight is 1210 g/mol. The first-order valence-electron chi connectivity index (χ1n) is 31.7. The zero-order chi connectivity index (χ0) is 58.4. The van der Waals surface area contributed by atoms with E-state index in [1.54, 1.807) is 0 Å². The van der Waals surface area contributed by atoms with Gasteiger partial charge in [0.1, 0.15) is 0 Å². The normalized spacial score (nSPS) is 11.2. The molecule has 4 rings (SSSR count). The summed E-state index contributed by atoms with van der Waals surface area (Å²) < 4.78 is 0. The molecular formula is C70H106N2O8Pd. The van der Waals surface area contributed by atoms with Gasteiger partial charge in [-0.15, -0.1) is 0 Å². The van der Waals surface area contributed by atoms with Gasteiger partial charge >= 0.3 is 20.4 Å². The number of aromatic carboxylic acids is 2. The van der Waals surface area contributed by atoms with Crippen LogP contribution in [0.3, 0.4) is 0 Å². The summed E-state index contributed by atoms with van der Waals surface area (Å²) >= 11 is 0. The van der Waals surface area contributed by atoms with Crippen LogP contribution >= 0.6 is 0 Å². The molecule has 4 N–H and O–H groups in total. The van der Waals surface area contributed by atoms with Crippen LogP contribution in [-0.4, -0.2) is 44.3 Å². The van der Waals surface area contributed by atoms with Crippen LogP contribution in [0.5, 0.6) is 23.0 Å². The summed E-state index contributed by atoms with van der Waals surface area (Å²) in [6.45, 7) is 10.8. The second-order valence-corrected chi connectivity index (χ2v) is 22.0. The quantitative estimate of drug-likeness (QED) is 0.0146. The van der Waals surface area contributed by atoms with E-state index in [0.717, 1.165) is 68.5 Å². The summed E-state index contributed by atoms with van der Waals surface area (Å²) in [5.41, 5.74) is 6.43. The van der Waals surface area contributed by atoms with E-state index in [1.807, 2.05) is 20.1 Å². The summed E-state index contributed by atoms with van der Waals surface area (Å²) in [5, 5.41) is 58.6. The summed E-state index contributed by atoms with van der Waals surface area (Å²) in [6, 6.07) is 23.3. The minimum atomic E-state index is -1.46. The number of hydrogen-bond acceptors (Lipinski definition) is 10. The number of carboxylic acids is 2. The first-order valence-corrected chi connectivity index (χ1v) is 31.7. The third kappa shape index (κ3) is 34.3. The number of aliphatic imine (C=N–C) groups is 2. The van der Waals surface area contributed by atoms with Gasteiger partial charge in [-0.05, 0) is 123 Å². The molecule has 81 heavy (non-hydrogen) atoms. The molecule has 0 fully saturated rings. The number of carbonyl (C=O) groups is 2. The Morgan fingerprint density at radius 3 is 1.10 bits per heavy atom. The van der Waals surface area contributed by atoms with Crippen LogP contribution in [0.2, 0.25) is 0 Å². The van der Waals surface area contributed by atoms with Gasteiger partial charge in [0.15, 0.2) is 23.0 Å². The second kappa shape index (κ2) is 48.5. The van der Waals surface area contributed by atoms with Gasteiger partial charge in [-0.3, -0.25) is 9.98 Å². The fourth-order valence-corrected chi connectivity index (χ4v) is 9.94. The van der Waals surface area contributed by atoms with Crippen molar-refractivity contribution in [3.8, 4) is 23.0 Å². The van der Waals surface area contributed by atoms with E-state index in [9.17, 15) is 30.0 Å². The summed E-state index contributed by atoms with van der Waals surface area (Å²) in [5.74, 6) is -5.01. The minimum absolute atomic E-state index is 0. The van der Waals surface area contributed by atoms with Crippen LogP contribution in [-0.2, 0) is 46.1 Å². The molecule has 11 heteroatoms. The van der Waals surface area contributed by atoms with E-state index in [0.29, 0.717) is 24.0 Å². The molecule has 4 aromatic carbocycles. The Morgan fingerprint density at radius 1 is 0.407 bits per heavy atom. The van der Waals surface area contributed by atoms with Crippen molar-refractivity contribution in [3.05, 3.63) is 106 Å². The number of carboxylic acid groups (broad SMARTS) is 2. The Balaban J connectivity index is 0.000000850. The van der Waals surface area contributed by atoms with Gasteiger partial charge in [-0.1, -0.05) is 244 Å². The van der Waals surface area contributed by atoms with Gasteiger partial charge in [0.25, 0.3) is 0 Å². The number of carbonyl (C=O) groups excluding carboxylic acids is 2. The number of unbranched alkanes of at least 4 members (excludes halogenated alkanes) is 27. The van der Waals surface area contributed by atoms with Gasteiger partial charge < -0.3 is 40.2 Å². The fraction of sp³-hybridized carbons (Fsp3) is 0.600. The molecule has 0 spiro atoms. The third-order valence-electron chi connectivity index (χ3n) is 14.9. The molecule has 0 heterocycles. The number of aryl methyl sites for hydroxylation is 4. The van der Waals surface area contributed by atoms with Crippen LogP contribution in [0.1, 0.15) is 289 Å². The van der Waals surface area contributed by atoms with Crippen molar-refractivity contribution in [2.45, 2.75) is 272 Å². The number of benzene rings is 4. The first kappa shape index (κ1) is 74.0. The van der Waals surface area contributed by atoms with E-state index in [-0.39, 0.29) is 31.5 Å². The number of rotatable bonds is 42. The molecule has 0 atom stereocenters. The molecule has 4 aromatic rings. The summed E-state index contributed by atoms with van der Waals surface area (Å²) in [6.07, 6.45) is 48.7. The number of hydrogen-bond donors (Lipinski definition) is 4. The molecule has 0 saturated heterocycles. The molecular weight excluding hydrogens is 1100 g/mol. The molecule has 0 aliphatic heterocycles. The molecule has 0 radical (unpaired) electrons. The predicted molar refractivity (Wildman–Crippen MR) is 332 cm³/mol. The molecule has 0 unspecified atom stereocenters.